The Hall–Kier alpha value is -1.47. The van der Waals surface area contributed by atoms with Gasteiger partial charge in [0.05, 0.1) is 0 Å². The standard InChI is InChI=1S/C7H5ClN4O2S/c1-3-11-12-7(14-3)10-5(13)4-2-15-6(8)9-4/h2H,1H3,(H,10,12,13). The van der Waals surface area contributed by atoms with Crippen molar-refractivity contribution in [3.8, 4) is 0 Å². The summed E-state index contributed by atoms with van der Waals surface area (Å²) >= 11 is 6.76. The molecule has 2 aromatic heterocycles. The highest BCUT2D eigenvalue weighted by Crippen LogP contribution is 2.16. The van der Waals surface area contributed by atoms with E-state index < -0.39 is 5.91 Å². The number of thiazole rings is 1. The van der Waals surface area contributed by atoms with Crippen LogP contribution in [0, 0.1) is 6.92 Å². The zero-order valence-electron chi connectivity index (χ0n) is 7.52. The number of hydrogen-bond acceptors (Lipinski definition) is 6. The van der Waals surface area contributed by atoms with Gasteiger partial charge in [0.2, 0.25) is 5.89 Å². The average Bonchev–Trinajstić information content (AvgIpc) is 2.75. The highest BCUT2D eigenvalue weighted by Gasteiger charge is 2.13. The lowest BCUT2D eigenvalue weighted by Crippen LogP contribution is -2.12. The van der Waals surface area contributed by atoms with Crippen LogP contribution in [0.25, 0.3) is 0 Å². The van der Waals surface area contributed by atoms with Crippen LogP contribution in [0.3, 0.4) is 0 Å². The summed E-state index contributed by atoms with van der Waals surface area (Å²) < 4.78 is 5.28. The minimum Gasteiger partial charge on any atom is -0.408 e. The summed E-state index contributed by atoms with van der Waals surface area (Å²) in [6.45, 7) is 1.63. The molecule has 8 heteroatoms. The number of amides is 1. The van der Waals surface area contributed by atoms with Gasteiger partial charge in [0.1, 0.15) is 5.69 Å². The normalized spacial score (nSPS) is 10.3. The number of halogens is 1. The molecule has 0 unspecified atom stereocenters. The molecule has 2 heterocycles. The number of anilines is 1. The second-order valence-corrected chi connectivity index (χ2v) is 4.01. The van der Waals surface area contributed by atoms with E-state index in [4.69, 9.17) is 16.0 Å². The van der Waals surface area contributed by atoms with Gasteiger partial charge < -0.3 is 4.42 Å². The number of nitrogens with one attached hydrogen (secondary N) is 1. The first-order chi connectivity index (χ1) is 7.15. The molecule has 0 bridgehead atoms. The smallest absolute Gasteiger partial charge is 0.322 e. The third kappa shape index (κ3) is 2.31. The Morgan fingerprint density at radius 1 is 1.60 bits per heavy atom. The molecule has 0 aromatic carbocycles. The monoisotopic (exact) mass is 244 g/mol. The SMILES string of the molecule is Cc1nnc(NC(=O)c2csc(Cl)n2)o1. The molecule has 2 rings (SSSR count). The molecular formula is C7H5ClN4O2S. The Morgan fingerprint density at radius 2 is 2.40 bits per heavy atom. The van der Waals surface area contributed by atoms with Gasteiger partial charge in [0.15, 0.2) is 4.47 Å². The van der Waals surface area contributed by atoms with Crippen LogP contribution < -0.4 is 5.32 Å². The highest BCUT2D eigenvalue weighted by molar-refractivity contribution is 7.14. The second kappa shape index (κ2) is 3.95. The first kappa shape index (κ1) is 10.1. The first-order valence-electron chi connectivity index (χ1n) is 3.87. The lowest BCUT2D eigenvalue weighted by molar-refractivity contribution is 0.102. The van der Waals surface area contributed by atoms with E-state index in [1.165, 1.54) is 11.3 Å². The number of aryl methyl sites for hydroxylation is 1. The topological polar surface area (TPSA) is 80.9 Å². The molecule has 2 aromatic rings. The van der Waals surface area contributed by atoms with Crippen LogP contribution in [0.15, 0.2) is 9.80 Å². The summed E-state index contributed by atoms with van der Waals surface area (Å²) in [5.74, 6) is -0.0524. The van der Waals surface area contributed by atoms with Crippen LogP contribution in [0.5, 0.6) is 0 Å². The fraction of sp³-hybridized carbons (Fsp3) is 0.143. The zero-order chi connectivity index (χ0) is 10.8. The van der Waals surface area contributed by atoms with Gasteiger partial charge in [0, 0.05) is 12.3 Å². The van der Waals surface area contributed by atoms with E-state index in [2.05, 4.69) is 20.5 Å². The molecule has 0 aliphatic carbocycles. The van der Waals surface area contributed by atoms with Crippen LogP contribution in [0.2, 0.25) is 4.47 Å². The molecule has 0 aliphatic heterocycles. The van der Waals surface area contributed by atoms with Crippen molar-refractivity contribution in [3.05, 3.63) is 21.4 Å². The fourth-order valence-electron chi connectivity index (χ4n) is 0.864. The van der Waals surface area contributed by atoms with Crippen LogP contribution >= 0.6 is 22.9 Å². The van der Waals surface area contributed by atoms with Crippen molar-refractivity contribution in [1.29, 1.82) is 0 Å². The molecule has 78 valence electrons. The molecule has 0 spiro atoms. The molecular weight excluding hydrogens is 240 g/mol. The van der Waals surface area contributed by atoms with Gasteiger partial charge in [-0.3, -0.25) is 10.1 Å². The minimum atomic E-state index is -0.429. The van der Waals surface area contributed by atoms with Crippen molar-refractivity contribution in [1.82, 2.24) is 15.2 Å². The van der Waals surface area contributed by atoms with E-state index in [0.29, 0.717) is 10.4 Å². The van der Waals surface area contributed by atoms with Gasteiger partial charge >= 0.3 is 6.01 Å². The molecule has 0 radical (unpaired) electrons. The summed E-state index contributed by atoms with van der Waals surface area (Å²) in [6.07, 6.45) is 0. The molecule has 1 amide bonds. The Labute approximate surface area is 93.3 Å². The summed E-state index contributed by atoms with van der Waals surface area (Å²) in [6, 6.07) is 0.0432. The third-order valence-electron chi connectivity index (χ3n) is 1.46. The Bertz CT molecular complexity index is 495. The van der Waals surface area contributed by atoms with Crippen LogP contribution in [0.4, 0.5) is 6.01 Å². The number of carbonyl (C=O) groups excluding carboxylic acids is 1. The highest BCUT2D eigenvalue weighted by atomic mass is 35.5. The fourth-order valence-corrected chi connectivity index (χ4v) is 1.61. The number of hydrogen-bond donors (Lipinski definition) is 1. The maximum atomic E-state index is 11.5. The number of aromatic nitrogens is 3. The van der Waals surface area contributed by atoms with E-state index in [9.17, 15) is 4.79 Å². The van der Waals surface area contributed by atoms with Crippen molar-refractivity contribution in [2.75, 3.05) is 5.32 Å². The maximum Gasteiger partial charge on any atom is 0.322 e. The molecule has 6 nitrogen and oxygen atoms in total. The van der Waals surface area contributed by atoms with Crippen molar-refractivity contribution in [3.63, 3.8) is 0 Å². The quantitative estimate of drug-likeness (QED) is 0.870. The zero-order valence-corrected chi connectivity index (χ0v) is 9.09. The average molecular weight is 245 g/mol. The molecule has 0 saturated heterocycles. The van der Waals surface area contributed by atoms with Gasteiger partial charge in [-0.1, -0.05) is 16.7 Å². The Morgan fingerprint density at radius 3 is 2.93 bits per heavy atom. The number of nitrogens with zero attached hydrogens (tertiary/aromatic N) is 3. The molecule has 0 aliphatic rings. The third-order valence-corrected chi connectivity index (χ3v) is 2.43. The second-order valence-electron chi connectivity index (χ2n) is 2.57. The summed E-state index contributed by atoms with van der Waals surface area (Å²) in [5.41, 5.74) is 0.223. The Kier molecular flexibility index (Phi) is 2.65. The largest absolute Gasteiger partial charge is 0.408 e. The number of rotatable bonds is 2. The predicted molar refractivity (Wildman–Crippen MR) is 54.1 cm³/mol. The van der Waals surface area contributed by atoms with E-state index in [0.717, 1.165) is 0 Å². The molecule has 1 N–H and O–H groups in total. The predicted octanol–water partition coefficient (Wildman–Crippen LogP) is 1.74. The molecule has 0 fully saturated rings. The summed E-state index contributed by atoms with van der Waals surface area (Å²) in [7, 11) is 0. The van der Waals surface area contributed by atoms with E-state index in [1.807, 2.05) is 0 Å². The first-order valence-corrected chi connectivity index (χ1v) is 5.13. The van der Waals surface area contributed by atoms with Gasteiger partial charge in [-0.15, -0.1) is 16.4 Å². The molecule has 15 heavy (non-hydrogen) atoms. The van der Waals surface area contributed by atoms with Crippen LogP contribution in [0.1, 0.15) is 16.4 Å². The lowest BCUT2D eigenvalue weighted by Gasteiger charge is -1.94. The van der Waals surface area contributed by atoms with E-state index in [-0.39, 0.29) is 11.7 Å². The van der Waals surface area contributed by atoms with Crippen LogP contribution in [-0.2, 0) is 0 Å². The minimum absolute atomic E-state index is 0.0432. The van der Waals surface area contributed by atoms with Crippen LogP contribution in [-0.4, -0.2) is 21.1 Å². The Balaban J connectivity index is 2.10. The summed E-state index contributed by atoms with van der Waals surface area (Å²) in [5, 5.41) is 11.1. The van der Waals surface area contributed by atoms with Gasteiger partial charge in [-0.05, 0) is 0 Å². The van der Waals surface area contributed by atoms with Crippen molar-refractivity contribution in [2.45, 2.75) is 6.92 Å². The van der Waals surface area contributed by atoms with E-state index >= 15 is 0 Å². The molecule has 0 atom stereocenters. The molecule has 0 saturated carbocycles. The maximum absolute atomic E-state index is 11.5. The number of carbonyl (C=O) groups is 1. The van der Waals surface area contributed by atoms with E-state index in [1.54, 1.807) is 12.3 Å². The van der Waals surface area contributed by atoms with Gasteiger partial charge in [0.25, 0.3) is 5.91 Å². The lowest BCUT2D eigenvalue weighted by atomic mass is 10.5. The van der Waals surface area contributed by atoms with Crippen molar-refractivity contribution >= 4 is 34.9 Å². The summed E-state index contributed by atoms with van der Waals surface area (Å²) in [4.78, 5) is 15.3. The van der Waals surface area contributed by atoms with Gasteiger partial charge in [-0.25, -0.2) is 4.98 Å². The van der Waals surface area contributed by atoms with Crippen molar-refractivity contribution in [2.24, 2.45) is 0 Å². The van der Waals surface area contributed by atoms with Crippen molar-refractivity contribution < 1.29 is 9.21 Å². The van der Waals surface area contributed by atoms with Gasteiger partial charge in [-0.2, -0.15) is 0 Å².